The van der Waals surface area contributed by atoms with Crippen LogP contribution in [0.2, 0.25) is 0 Å². The third-order valence-electron chi connectivity index (χ3n) is 1.31. The number of rotatable bonds is 1. The molecule has 0 spiro atoms. The van der Waals surface area contributed by atoms with Gasteiger partial charge in [-0.2, -0.15) is 0 Å². The molecule has 0 saturated heterocycles. The summed E-state index contributed by atoms with van der Waals surface area (Å²) in [5.41, 5.74) is 0.401. The minimum absolute atomic E-state index is 0.125. The van der Waals surface area contributed by atoms with Gasteiger partial charge in [0, 0.05) is 5.57 Å². The van der Waals surface area contributed by atoms with Gasteiger partial charge in [0.15, 0.2) is 11.6 Å². The molecule has 56 valence electrons. The molecule has 0 fully saturated rings. The third-order valence-corrected chi connectivity index (χ3v) is 2.42. The predicted molar refractivity (Wildman–Crippen MR) is 50.4 cm³/mol. The molecule has 0 unspecified atom stereocenters. The van der Waals surface area contributed by atoms with Crippen molar-refractivity contribution < 1.29 is 9.59 Å². The molecule has 2 nitrogen and oxygen atoms in total. The topological polar surface area (TPSA) is 34.1 Å². The van der Waals surface area contributed by atoms with Crippen LogP contribution >= 0.6 is 22.6 Å². The van der Waals surface area contributed by atoms with Gasteiger partial charge in [0.05, 0.1) is 3.58 Å². The van der Waals surface area contributed by atoms with Crippen molar-refractivity contribution in [1.29, 1.82) is 0 Å². The maximum Gasteiger partial charge on any atom is 0.192 e. The molecule has 0 bridgehead atoms. The summed E-state index contributed by atoms with van der Waals surface area (Å²) < 4.78 is 0.449. The third kappa shape index (κ3) is 1.48. The fourth-order valence-corrected chi connectivity index (χ4v) is 1.41. The van der Waals surface area contributed by atoms with E-state index in [0.717, 1.165) is 0 Å². The summed E-state index contributed by atoms with van der Waals surface area (Å²) in [5.74, 6) is -0.274. The van der Waals surface area contributed by atoms with Gasteiger partial charge in [-0.3, -0.25) is 9.59 Å². The van der Waals surface area contributed by atoms with Crippen molar-refractivity contribution in [2.45, 2.75) is 0 Å². The van der Waals surface area contributed by atoms with Crippen molar-refractivity contribution in [3.63, 3.8) is 0 Å². The molecule has 1 aliphatic carbocycles. The van der Waals surface area contributed by atoms with Gasteiger partial charge in [0.2, 0.25) is 0 Å². The first-order valence-corrected chi connectivity index (χ1v) is 4.03. The normalized spacial score (nSPS) is 17.5. The fourth-order valence-electron chi connectivity index (χ4n) is 0.745. The quantitative estimate of drug-likeness (QED) is 0.529. The molecule has 0 radical (unpaired) electrons. The van der Waals surface area contributed by atoms with Crippen molar-refractivity contribution in [2.24, 2.45) is 0 Å². The monoisotopic (exact) mass is 260 g/mol. The molecule has 0 heterocycles. The summed E-state index contributed by atoms with van der Waals surface area (Å²) in [6.07, 6.45) is 3.95. The van der Waals surface area contributed by atoms with E-state index >= 15 is 0 Å². The van der Waals surface area contributed by atoms with Crippen LogP contribution in [-0.2, 0) is 9.59 Å². The van der Waals surface area contributed by atoms with E-state index < -0.39 is 0 Å². The van der Waals surface area contributed by atoms with Crippen LogP contribution in [-0.4, -0.2) is 11.6 Å². The second-order valence-corrected chi connectivity index (χ2v) is 3.07. The van der Waals surface area contributed by atoms with E-state index in [1.54, 1.807) is 0 Å². The van der Waals surface area contributed by atoms with Crippen LogP contribution < -0.4 is 0 Å². The van der Waals surface area contributed by atoms with E-state index in [9.17, 15) is 9.59 Å². The highest BCUT2D eigenvalue weighted by molar-refractivity contribution is 14.1. The number of halogens is 1. The van der Waals surface area contributed by atoms with E-state index in [2.05, 4.69) is 6.58 Å². The first kappa shape index (κ1) is 8.39. The molecule has 0 N–H and O–H groups in total. The van der Waals surface area contributed by atoms with Crippen LogP contribution in [0.4, 0.5) is 0 Å². The number of hydrogen-bond acceptors (Lipinski definition) is 2. The number of carbonyl (C=O) groups excluding carboxylic acids is 2. The zero-order valence-corrected chi connectivity index (χ0v) is 7.79. The molecular weight excluding hydrogens is 255 g/mol. The number of carbonyl (C=O) groups is 2. The molecule has 3 heteroatoms. The van der Waals surface area contributed by atoms with Crippen LogP contribution in [0.25, 0.3) is 0 Å². The summed E-state index contributed by atoms with van der Waals surface area (Å²) in [4.78, 5) is 22.0. The van der Waals surface area contributed by atoms with E-state index in [0.29, 0.717) is 9.15 Å². The summed E-state index contributed by atoms with van der Waals surface area (Å²) in [5, 5.41) is 0. The van der Waals surface area contributed by atoms with Crippen molar-refractivity contribution in [1.82, 2.24) is 0 Å². The number of allylic oxidation sites excluding steroid dienone is 5. The van der Waals surface area contributed by atoms with Crippen molar-refractivity contribution in [3.05, 3.63) is 34.0 Å². The highest BCUT2D eigenvalue weighted by atomic mass is 127. The Morgan fingerprint density at radius 1 is 1.27 bits per heavy atom. The van der Waals surface area contributed by atoms with Gasteiger partial charge in [0.1, 0.15) is 0 Å². The van der Waals surface area contributed by atoms with Gasteiger partial charge in [-0.15, -0.1) is 0 Å². The Hall–Kier alpha value is -0.710. The van der Waals surface area contributed by atoms with Crippen molar-refractivity contribution in [3.8, 4) is 0 Å². The molecule has 0 aromatic heterocycles. The molecule has 1 aliphatic rings. The predicted octanol–water partition coefficient (Wildman–Crippen LogP) is 1.57. The first-order valence-electron chi connectivity index (χ1n) is 2.95. The minimum Gasteiger partial charge on any atom is -0.289 e. The molecule has 11 heavy (non-hydrogen) atoms. The van der Waals surface area contributed by atoms with Crippen molar-refractivity contribution >= 4 is 34.2 Å². The second-order valence-electron chi connectivity index (χ2n) is 1.99. The Bertz CT molecular complexity index is 297. The average molecular weight is 260 g/mol. The van der Waals surface area contributed by atoms with E-state index in [1.165, 1.54) is 18.2 Å². The van der Waals surface area contributed by atoms with Crippen LogP contribution in [0.1, 0.15) is 0 Å². The zero-order chi connectivity index (χ0) is 8.43. The molecule has 0 aromatic rings. The minimum atomic E-state index is -0.149. The van der Waals surface area contributed by atoms with E-state index in [-0.39, 0.29) is 11.6 Å². The Morgan fingerprint density at radius 2 is 1.82 bits per heavy atom. The van der Waals surface area contributed by atoms with Gasteiger partial charge in [0.25, 0.3) is 0 Å². The largest absolute Gasteiger partial charge is 0.289 e. The molecule has 0 aliphatic heterocycles. The zero-order valence-electron chi connectivity index (χ0n) is 5.63. The Labute approximate surface area is 77.8 Å². The number of ketones is 2. The molecule has 0 atom stereocenters. The van der Waals surface area contributed by atoms with Crippen LogP contribution in [0.3, 0.4) is 0 Å². The van der Waals surface area contributed by atoms with Crippen LogP contribution in [0.15, 0.2) is 34.0 Å². The van der Waals surface area contributed by atoms with E-state index in [4.69, 9.17) is 0 Å². The van der Waals surface area contributed by atoms with Crippen molar-refractivity contribution in [2.75, 3.05) is 0 Å². The Morgan fingerprint density at radius 3 is 2.27 bits per heavy atom. The van der Waals surface area contributed by atoms with Gasteiger partial charge in [-0.05, 0) is 34.7 Å². The lowest BCUT2D eigenvalue weighted by Gasteiger charge is -2.04. The molecule has 0 saturated carbocycles. The van der Waals surface area contributed by atoms with Gasteiger partial charge >= 0.3 is 0 Å². The first-order chi connectivity index (χ1) is 5.16. The molecule has 0 amide bonds. The lowest BCUT2D eigenvalue weighted by atomic mass is 10.0. The van der Waals surface area contributed by atoms with Gasteiger partial charge in [-0.1, -0.05) is 12.7 Å². The average Bonchev–Trinajstić information content (AvgIpc) is 1.99. The lowest BCUT2D eigenvalue weighted by molar-refractivity contribution is -0.114. The fraction of sp³-hybridized carbons (Fsp3) is 0. The SMILES string of the molecule is C=CC1=C(I)C(=O)C=CC1=O. The van der Waals surface area contributed by atoms with Gasteiger partial charge in [-0.25, -0.2) is 0 Å². The summed E-state index contributed by atoms with van der Waals surface area (Å²) >= 11 is 1.85. The van der Waals surface area contributed by atoms with Crippen LogP contribution in [0, 0.1) is 0 Å². The standard InChI is InChI=1S/C8H5IO2/c1-2-5-6(10)3-4-7(11)8(5)9/h2-4H,1H2. The highest BCUT2D eigenvalue weighted by Crippen LogP contribution is 2.20. The molecular formula is C8H5IO2. The summed E-state index contributed by atoms with van der Waals surface area (Å²) in [7, 11) is 0. The van der Waals surface area contributed by atoms with Gasteiger partial charge < -0.3 is 0 Å². The maximum atomic E-state index is 11.0. The summed E-state index contributed by atoms with van der Waals surface area (Å²) in [6, 6.07) is 0. The smallest absolute Gasteiger partial charge is 0.192 e. The highest BCUT2D eigenvalue weighted by Gasteiger charge is 2.17. The Kier molecular flexibility index (Phi) is 2.38. The Balaban J connectivity index is 3.19. The van der Waals surface area contributed by atoms with E-state index in [1.807, 2.05) is 22.6 Å². The number of hydrogen-bond donors (Lipinski definition) is 0. The molecule has 0 aromatic carbocycles. The summed E-state index contributed by atoms with van der Waals surface area (Å²) in [6.45, 7) is 3.45. The maximum absolute atomic E-state index is 11.0. The van der Waals surface area contributed by atoms with Crippen LogP contribution in [0.5, 0.6) is 0 Å². The molecule has 1 rings (SSSR count). The second kappa shape index (κ2) is 3.13. The lowest BCUT2D eigenvalue weighted by Crippen LogP contribution is -2.08.